The molecule has 0 bridgehead atoms. The molecule has 1 aliphatic heterocycles. The van der Waals surface area contributed by atoms with Gasteiger partial charge in [0, 0.05) is 0 Å². The standard InChI is InChI=1S/C12H14N2O2/c1-12(2,3)16-14-11-10(15)8-6-4-5-7-9(8)13-11/h4-7H,1-3H3,(H,13,14,15). The first-order valence-electron chi connectivity index (χ1n) is 5.14. The Balaban J connectivity index is 2.14. The number of fused-ring (bicyclic) bond motifs is 1. The lowest BCUT2D eigenvalue weighted by molar-refractivity contribution is -0.0421. The molecule has 1 aliphatic rings. The number of nitrogens with zero attached hydrogens (tertiary/aromatic N) is 1. The Morgan fingerprint density at radius 3 is 2.56 bits per heavy atom. The van der Waals surface area contributed by atoms with Gasteiger partial charge in [-0.05, 0) is 32.9 Å². The molecule has 1 N–H and O–H groups in total. The highest BCUT2D eigenvalue weighted by atomic mass is 16.7. The molecule has 0 aromatic heterocycles. The van der Waals surface area contributed by atoms with Gasteiger partial charge >= 0.3 is 0 Å². The van der Waals surface area contributed by atoms with Crippen molar-refractivity contribution >= 4 is 17.3 Å². The molecule has 0 amide bonds. The van der Waals surface area contributed by atoms with Crippen LogP contribution >= 0.6 is 0 Å². The summed E-state index contributed by atoms with van der Waals surface area (Å²) in [5, 5.41) is 0. The minimum Gasteiger partial charge on any atom is -0.285 e. The number of hydrogen-bond donors (Lipinski definition) is 1. The molecule has 0 atom stereocenters. The van der Waals surface area contributed by atoms with E-state index in [1.165, 1.54) is 0 Å². The molecule has 0 radical (unpaired) electrons. The number of Topliss-reactive ketones (excluding diaryl/α,β-unsaturated/α-hetero) is 1. The van der Waals surface area contributed by atoms with Crippen molar-refractivity contribution in [1.82, 2.24) is 5.48 Å². The fraction of sp³-hybridized carbons (Fsp3) is 0.333. The Bertz CT molecular complexity index is 458. The van der Waals surface area contributed by atoms with Crippen molar-refractivity contribution in [3.05, 3.63) is 29.8 Å². The predicted octanol–water partition coefficient (Wildman–Crippen LogP) is 2.23. The summed E-state index contributed by atoms with van der Waals surface area (Å²) in [6.45, 7) is 5.69. The van der Waals surface area contributed by atoms with Gasteiger partial charge in [-0.15, -0.1) is 0 Å². The van der Waals surface area contributed by atoms with Crippen LogP contribution in [0, 0.1) is 0 Å². The number of ketones is 1. The first-order valence-corrected chi connectivity index (χ1v) is 5.14. The average molecular weight is 218 g/mol. The third kappa shape index (κ3) is 2.12. The van der Waals surface area contributed by atoms with Crippen LogP contribution in [0.2, 0.25) is 0 Å². The molecule has 4 nitrogen and oxygen atoms in total. The molecule has 0 fully saturated rings. The van der Waals surface area contributed by atoms with Crippen LogP contribution in [0.25, 0.3) is 0 Å². The number of aliphatic imine (C=N–C) groups is 1. The predicted molar refractivity (Wildman–Crippen MR) is 61.8 cm³/mol. The van der Waals surface area contributed by atoms with Crippen molar-refractivity contribution in [1.29, 1.82) is 0 Å². The Morgan fingerprint density at radius 1 is 1.25 bits per heavy atom. The van der Waals surface area contributed by atoms with Crippen LogP contribution in [0.3, 0.4) is 0 Å². The second kappa shape index (κ2) is 3.72. The fourth-order valence-corrected chi connectivity index (χ4v) is 1.33. The summed E-state index contributed by atoms with van der Waals surface area (Å²) < 4.78 is 0. The number of rotatable bonds is 1. The van der Waals surface area contributed by atoms with Gasteiger partial charge in [0.2, 0.25) is 5.78 Å². The van der Waals surface area contributed by atoms with E-state index in [9.17, 15) is 4.79 Å². The molecule has 0 saturated carbocycles. The molecule has 1 aromatic carbocycles. The van der Waals surface area contributed by atoms with E-state index in [0.717, 1.165) is 0 Å². The highest BCUT2D eigenvalue weighted by molar-refractivity contribution is 6.48. The lowest BCUT2D eigenvalue weighted by atomic mass is 10.1. The van der Waals surface area contributed by atoms with Crippen molar-refractivity contribution < 1.29 is 9.63 Å². The lowest BCUT2D eigenvalue weighted by Crippen LogP contribution is -2.36. The molecule has 1 aromatic rings. The maximum atomic E-state index is 11.8. The van der Waals surface area contributed by atoms with Gasteiger partial charge in [-0.3, -0.25) is 9.63 Å². The van der Waals surface area contributed by atoms with E-state index >= 15 is 0 Å². The van der Waals surface area contributed by atoms with E-state index in [-0.39, 0.29) is 17.2 Å². The highest BCUT2D eigenvalue weighted by Gasteiger charge is 2.25. The Hall–Kier alpha value is -1.68. The maximum Gasteiger partial charge on any atom is 0.232 e. The van der Waals surface area contributed by atoms with Crippen molar-refractivity contribution in [2.24, 2.45) is 4.99 Å². The third-order valence-corrected chi connectivity index (χ3v) is 2.05. The molecule has 0 saturated heterocycles. The van der Waals surface area contributed by atoms with E-state index in [1.807, 2.05) is 32.9 Å². The van der Waals surface area contributed by atoms with E-state index in [2.05, 4.69) is 10.5 Å². The van der Waals surface area contributed by atoms with Gasteiger partial charge in [-0.25, -0.2) is 10.5 Å². The third-order valence-electron chi connectivity index (χ3n) is 2.05. The summed E-state index contributed by atoms with van der Waals surface area (Å²) in [6, 6.07) is 7.23. The first kappa shape index (κ1) is 10.8. The summed E-state index contributed by atoms with van der Waals surface area (Å²) in [5.74, 6) is 0.121. The van der Waals surface area contributed by atoms with Gasteiger partial charge < -0.3 is 0 Å². The lowest BCUT2D eigenvalue weighted by Gasteiger charge is -2.19. The van der Waals surface area contributed by atoms with Crippen LogP contribution in [0.15, 0.2) is 29.3 Å². The molecule has 1 heterocycles. The largest absolute Gasteiger partial charge is 0.285 e. The Labute approximate surface area is 94.3 Å². The van der Waals surface area contributed by atoms with Crippen LogP contribution < -0.4 is 5.48 Å². The zero-order chi connectivity index (χ0) is 11.8. The van der Waals surface area contributed by atoms with Crippen molar-refractivity contribution in [3.63, 3.8) is 0 Å². The normalized spacial score (nSPS) is 14.7. The highest BCUT2D eigenvalue weighted by Crippen LogP contribution is 2.25. The van der Waals surface area contributed by atoms with E-state index in [0.29, 0.717) is 11.3 Å². The van der Waals surface area contributed by atoms with Crippen molar-refractivity contribution in [3.8, 4) is 0 Å². The summed E-state index contributed by atoms with van der Waals surface area (Å²) in [7, 11) is 0. The first-order chi connectivity index (χ1) is 7.47. The zero-order valence-corrected chi connectivity index (χ0v) is 9.57. The van der Waals surface area contributed by atoms with Gasteiger partial charge in [0.15, 0.2) is 5.84 Å². The van der Waals surface area contributed by atoms with Crippen LogP contribution in [0.5, 0.6) is 0 Å². The minimum absolute atomic E-state index is 0.125. The van der Waals surface area contributed by atoms with Gasteiger partial charge in [-0.2, -0.15) is 0 Å². The summed E-state index contributed by atoms with van der Waals surface area (Å²) in [4.78, 5) is 21.3. The topological polar surface area (TPSA) is 50.7 Å². The fourth-order valence-electron chi connectivity index (χ4n) is 1.33. The molecule has 2 rings (SSSR count). The molecule has 84 valence electrons. The molecule has 16 heavy (non-hydrogen) atoms. The second-order valence-electron chi connectivity index (χ2n) is 4.62. The SMILES string of the molecule is CC(C)(C)ONC1=Nc2ccccc2C1=O. The molecule has 0 spiro atoms. The molecule has 0 aliphatic carbocycles. The summed E-state index contributed by atoms with van der Waals surface area (Å²) in [6.07, 6.45) is 0. The zero-order valence-electron chi connectivity index (χ0n) is 9.57. The average Bonchev–Trinajstić information content (AvgIpc) is 2.53. The molecular weight excluding hydrogens is 204 g/mol. The van der Waals surface area contributed by atoms with Crippen molar-refractivity contribution in [2.45, 2.75) is 26.4 Å². The number of benzene rings is 1. The van der Waals surface area contributed by atoms with Gasteiger partial charge in [0.1, 0.15) is 0 Å². The van der Waals surface area contributed by atoms with Gasteiger partial charge in [-0.1, -0.05) is 12.1 Å². The minimum atomic E-state index is -0.364. The van der Waals surface area contributed by atoms with Crippen molar-refractivity contribution in [2.75, 3.05) is 0 Å². The quantitative estimate of drug-likeness (QED) is 0.735. The maximum absolute atomic E-state index is 11.8. The van der Waals surface area contributed by atoms with Crippen LogP contribution in [0.1, 0.15) is 31.1 Å². The van der Waals surface area contributed by atoms with E-state index in [1.54, 1.807) is 12.1 Å². The second-order valence-corrected chi connectivity index (χ2v) is 4.62. The molecule has 4 heteroatoms. The number of nitrogens with one attached hydrogen (secondary N) is 1. The Morgan fingerprint density at radius 2 is 1.94 bits per heavy atom. The monoisotopic (exact) mass is 218 g/mol. The number of hydrogen-bond acceptors (Lipinski definition) is 4. The molecule has 0 unspecified atom stereocenters. The summed E-state index contributed by atoms with van der Waals surface area (Å²) in [5.41, 5.74) is 3.56. The summed E-state index contributed by atoms with van der Waals surface area (Å²) >= 11 is 0. The number of carbonyl (C=O) groups is 1. The number of amidine groups is 1. The number of para-hydroxylation sites is 1. The van der Waals surface area contributed by atoms with Gasteiger partial charge in [0.25, 0.3) is 0 Å². The van der Waals surface area contributed by atoms with E-state index < -0.39 is 0 Å². The molecular formula is C12H14N2O2. The Kier molecular flexibility index (Phi) is 2.52. The van der Waals surface area contributed by atoms with Crippen LogP contribution in [-0.4, -0.2) is 17.2 Å². The number of hydroxylamine groups is 1. The van der Waals surface area contributed by atoms with Crippen LogP contribution in [-0.2, 0) is 4.84 Å². The van der Waals surface area contributed by atoms with Gasteiger partial charge in [0.05, 0.1) is 16.9 Å². The number of carbonyl (C=O) groups excluding carboxylic acids is 1. The smallest absolute Gasteiger partial charge is 0.232 e. The van der Waals surface area contributed by atoms with E-state index in [4.69, 9.17) is 4.84 Å². The van der Waals surface area contributed by atoms with Crippen LogP contribution in [0.4, 0.5) is 5.69 Å².